The van der Waals surface area contributed by atoms with E-state index in [1.165, 1.54) is 0 Å². The molecule has 100 valence electrons. The molecule has 4 nitrogen and oxygen atoms in total. The topological polar surface area (TPSA) is 43.3 Å². The first-order valence-corrected chi connectivity index (χ1v) is 6.24. The zero-order chi connectivity index (χ0) is 13.7. The highest BCUT2D eigenvalue weighted by molar-refractivity contribution is 5.92. The molecule has 0 radical (unpaired) electrons. The molecule has 1 heterocycles. The molecule has 0 aliphatic carbocycles. The molecule has 19 heavy (non-hydrogen) atoms. The van der Waals surface area contributed by atoms with Crippen LogP contribution in [0.1, 0.15) is 12.1 Å². The average Bonchev–Trinajstić information content (AvgIpc) is 2.82. The molecule has 0 aliphatic rings. The second kappa shape index (κ2) is 6.09. The van der Waals surface area contributed by atoms with Crippen LogP contribution in [0.2, 0.25) is 0 Å². The first kappa shape index (κ1) is 13.2. The Kier molecular flexibility index (Phi) is 4.23. The number of anilines is 1. The van der Waals surface area contributed by atoms with Gasteiger partial charge in [-0.25, -0.2) is 0 Å². The van der Waals surface area contributed by atoms with Gasteiger partial charge in [0.15, 0.2) is 0 Å². The number of aryl methyl sites for hydroxylation is 2. The Labute approximate surface area is 113 Å². The van der Waals surface area contributed by atoms with Gasteiger partial charge in [-0.05, 0) is 30.7 Å². The molecule has 0 unspecified atom stereocenters. The smallest absolute Gasteiger partial charge is 0.224 e. The number of carbonyl (C=O) groups excluding carboxylic acids is 1. The molecule has 0 spiro atoms. The Morgan fingerprint density at radius 3 is 2.74 bits per heavy atom. The lowest BCUT2D eigenvalue weighted by Crippen LogP contribution is -2.13. The number of carbonyl (C=O) groups is 1. The van der Waals surface area contributed by atoms with Gasteiger partial charge >= 0.3 is 0 Å². The summed E-state index contributed by atoms with van der Waals surface area (Å²) in [5.41, 5.74) is 1.86. The van der Waals surface area contributed by atoms with Gasteiger partial charge in [0, 0.05) is 25.4 Å². The van der Waals surface area contributed by atoms with E-state index in [4.69, 9.17) is 4.74 Å². The predicted molar refractivity (Wildman–Crippen MR) is 75.4 cm³/mol. The summed E-state index contributed by atoms with van der Waals surface area (Å²) in [5.74, 6) is 0.667. The molecule has 1 N–H and O–H groups in total. The van der Waals surface area contributed by atoms with Crippen LogP contribution in [0.25, 0.3) is 0 Å². The minimum atomic E-state index is -0.00861. The van der Waals surface area contributed by atoms with Crippen molar-refractivity contribution >= 4 is 11.6 Å². The lowest BCUT2D eigenvalue weighted by molar-refractivity contribution is -0.116. The fourth-order valence-corrected chi connectivity index (χ4v) is 1.96. The van der Waals surface area contributed by atoms with Gasteiger partial charge in [-0.3, -0.25) is 4.79 Å². The number of nitrogens with one attached hydrogen (secondary N) is 1. The number of amides is 1. The number of para-hydroxylation sites is 2. The highest BCUT2D eigenvalue weighted by Gasteiger charge is 2.07. The standard InChI is InChI=1S/C15H18N2O2/c1-17-11-5-6-12(17)9-10-15(18)16-13-7-3-4-8-14(13)19-2/h3-8,11H,9-10H2,1-2H3,(H,16,18). The van der Waals surface area contributed by atoms with Gasteiger partial charge in [0.25, 0.3) is 0 Å². The molecule has 0 fully saturated rings. The highest BCUT2D eigenvalue weighted by Crippen LogP contribution is 2.23. The van der Waals surface area contributed by atoms with E-state index in [9.17, 15) is 4.79 Å². The summed E-state index contributed by atoms with van der Waals surface area (Å²) in [6.07, 6.45) is 3.16. The maximum absolute atomic E-state index is 11.9. The van der Waals surface area contributed by atoms with Crippen LogP contribution in [0.4, 0.5) is 5.69 Å². The van der Waals surface area contributed by atoms with Gasteiger partial charge in [-0.1, -0.05) is 12.1 Å². The van der Waals surface area contributed by atoms with Crippen molar-refractivity contribution in [1.82, 2.24) is 4.57 Å². The minimum Gasteiger partial charge on any atom is -0.495 e. The Balaban J connectivity index is 1.93. The van der Waals surface area contributed by atoms with E-state index >= 15 is 0 Å². The average molecular weight is 258 g/mol. The Hall–Kier alpha value is -2.23. The van der Waals surface area contributed by atoms with Crippen LogP contribution < -0.4 is 10.1 Å². The summed E-state index contributed by atoms with van der Waals surface area (Å²) in [6, 6.07) is 11.4. The largest absolute Gasteiger partial charge is 0.495 e. The maximum Gasteiger partial charge on any atom is 0.224 e. The molecular formula is C15H18N2O2. The second-order valence-corrected chi connectivity index (χ2v) is 4.36. The number of ether oxygens (including phenoxy) is 1. The van der Waals surface area contributed by atoms with Crippen LogP contribution in [0.5, 0.6) is 5.75 Å². The third-order valence-corrected chi connectivity index (χ3v) is 3.04. The summed E-state index contributed by atoms with van der Waals surface area (Å²) in [7, 11) is 3.57. The van der Waals surface area contributed by atoms with Crippen molar-refractivity contribution < 1.29 is 9.53 Å². The fraction of sp³-hybridized carbons (Fsp3) is 0.267. The van der Waals surface area contributed by atoms with Crippen LogP contribution in [0.3, 0.4) is 0 Å². The van der Waals surface area contributed by atoms with Crippen molar-refractivity contribution in [3.8, 4) is 5.75 Å². The van der Waals surface area contributed by atoms with Crippen LogP contribution >= 0.6 is 0 Å². The number of aromatic nitrogens is 1. The molecule has 1 aromatic carbocycles. The number of rotatable bonds is 5. The van der Waals surface area contributed by atoms with Crippen LogP contribution in [0.15, 0.2) is 42.6 Å². The van der Waals surface area contributed by atoms with Crippen LogP contribution in [0, 0.1) is 0 Å². The molecule has 0 saturated heterocycles. The van der Waals surface area contributed by atoms with Gasteiger partial charge in [-0.2, -0.15) is 0 Å². The van der Waals surface area contributed by atoms with Crippen molar-refractivity contribution in [3.63, 3.8) is 0 Å². The summed E-state index contributed by atoms with van der Waals surface area (Å²) in [5, 5.41) is 2.87. The summed E-state index contributed by atoms with van der Waals surface area (Å²) in [6.45, 7) is 0. The van der Waals surface area contributed by atoms with Crippen molar-refractivity contribution in [2.45, 2.75) is 12.8 Å². The summed E-state index contributed by atoms with van der Waals surface area (Å²) in [4.78, 5) is 11.9. The van der Waals surface area contributed by atoms with Crippen molar-refractivity contribution in [1.29, 1.82) is 0 Å². The molecular weight excluding hydrogens is 240 g/mol. The van der Waals surface area contributed by atoms with Gasteiger partial charge in [0.05, 0.1) is 12.8 Å². The van der Waals surface area contributed by atoms with Gasteiger partial charge in [-0.15, -0.1) is 0 Å². The predicted octanol–water partition coefficient (Wildman–Crippen LogP) is 2.61. The van der Waals surface area contributed by atoms with Gasteiger partial charge in [0.2, 0.25) is 5.91 Å². The van der Waals surface area contributed by atoms with Crippen molar-refractivity contribution in [3.05, 3.63) is 48.3 Å². The second-order valence-electron chi connectivity index (χ2n) is 4.36. The molecule has 0 saturated carbocycles. The summed E-state index contributed by atoms with van der Waals surface area (Å²) >= 11 is 0. The van der Waals surface area contributed by atoms with E-state index in [0.717, 1.165) is 12.1 Å². The van der Waals surface area contributed by atoms with E-state index in [1.54, 1.807) is 7.11 Å². The number of hydrogen-bond acceptors (Lipinski definition) is 2. The lowest BCUT2D eigenvalue weighted by Gasteiger charge is -2.09. The molecule has 0 bridgehead atoms. The lowest BCUT2D eigenvalue weighted by atomic mass is 10.2. The third kappa shape index (κ3) is 3.37. The van der Waals surface area contributed by atoms with E-state index in [2.05, 4.69) is 5.32 Å². The normalized spacial score (nSPS) is 10.2. The SMILES string of the molecule is COc1ccccc1NC(=O)CCc1cccn1C. The van der Waals surface area contributed by atoms with Crippen LogP contribution in [-0.4, -0.2) is 17.6 Å². The first-order valence-electron chi connectivity index (χ1n) is 6.24. The van der Waals surface area contributed by atoms with Gasteiger partial charge in [0.1, 0.15) is 5.75 Å². The molecule has 0 aliphatic heterocycles. The van der Waals surface area contributed by atoms with E-state index in [0.29, 0.717) is 17.9 Å². The van der Waals surface area contributed by atoms with E-state index in [-0.39, 0.29) is 5.91 Å². The molecule has 4 heteroatoms. The molecule has 0 atom stereocenters. The zero-order valence-electron chi connectivity index (χ0n) is 11.2. The van der Waals surface area contributed by atoms with E-state index in [1.807, 2.05) is 54.2 Å². The van der Waals surface area contributed by atoms with Crippen LogP contribution in [-0.2, 0) is 18.3 Å². The minimum absolute atomic E-state index is 0.00861. The summed E-state index contributed by atoms with van der Waals surface area (Å²) < 4.78 is 7.22. The number of benzene rings is 1. The van der Waals surface area contributed by atoms with Gasteiger partial charge < -0.3 is 14.6 Å². The maximum atomic E-state index is 11.9. The number of methoxy groups -OCH3 is 1. The van der Waals surface area contributed by atoms with Crippen molar-refractivity contribution in [2.24, 2.45) is 7.05 Å². The number of nitrogens with zero attached hydrogens (tertiary/aromatic N) is 1. The Morgan fingerprint density at radius 1 is 1.26 bits per heavy atom. The Morgan fingerprint density at radius 2 is 2.05 bits per heavy atom. The fourth-order valence-electron chi connectivity index (χ4n) is 1.96. The Bertz CT molecular complexity index is 561. The third-order valence-electron chi connectivity index (χ3n) is 3.04. The highest BCUT2D eigenvalue weighted by atomic mass is 16.5. The van der Waals surface area contributed by atoms with Crippen molar-refractivity contribution in [2.75, 3.05) is 12.4 Å². The molecule has 1 amide bonds. The number of hydrogen-bond donors (Lipinski definition) is 1. The quantitative estimate of drug-likeness (QED) is 0.895. The zero-order valence-corrected chi connectivity index (χ0v) is 11.2. The monoisotopic (exact) mass is 258 g/mol. The first-order chi connectivity index (χ1) is 9.20. The molecule has 1 aromatic heterocycles. The molecule has 2 aromatic rings. The molecule has 2 rings (SSSR count). The van der Waals surface area contributed by atoms with E-state index < -0.39 is 0 Å².